The Bertz CT molecular complexity index is 1330. The van der Waals surface area contributed by atoms with Crippen LogP contribution in [0.5, 0.6) is 0 Å². The van der Waals surface area contributed by atoms with Gasteiger partial charge in [0.1, 0.15) is 23.5 Å². The second-order valence-electron chi connectivity index (χ2n) is 9.31. The number of ether oxygens (including phenoxy) is 2. The first-order valence-electron chi connectivity index (χ1n) is 14.2. The Morgan fingerprint density at radius 1 is 0.729 bits per heavy atom. The summed E-state index contributed by atoms with van der Waals surface area (Å²) in [5, 5.41) is 4.56. The molecule has 0 spiro atoms. The van der Waals surface area contributed by atoms with E-state index in [1.807, 2.05) is 0 Å². The molecule has 6 N–H and O–H groups in total. The van der Waals surface area contributed by atoms with E-state index in [1.165, 1.54) is 36.7 Å². The van der Waals surface area contributed by atoms with Gasteiger partial charge in [0.2, 0.25) is 10.2 Å². The summed E-state index contributed by atoms with van der Waals surface area (Å²) in [6, 6.07) is 1.99. The normalized spacial score (nSPS) is 13.4. The van der Waals surface area contributed by atoms with Gasteiger partial charge in [-0.2, -0.15) is 25.3 Å². The van der Waals surface area contributed by atoms with Crippen molar-refractivity contribution in [2.24, 2.45) is 11.5 Å². The Kier molecular flexibility index (Phi) is 19.4. The van der Waals surface area contributed by atoms with Crippen LogP contribution in [-0.2, 0) is 28.7 Å². The third-order valence-corrected chi connectivity index (χ3v) is 11.2. The number of aromatic nitrogens is 2. The Hall–Kier alpha value is -2.46. The zero-order valence-corrected chi connectivity index (χ0v) is 30.9. The van der Waals surface area contributed by atoms with E-state index in [2.05, 4.69) is 45.9 Å². The third kappa shape index (κ3) is 13.1. The second kappa shape index (κ2) is 22.3. The lowest BCUT2D eigenvalue weighted by Gasteiger charge is -2.19. The minimum atomic E-state index is -1.15. The summed E-state index contributed by atoms with van der Waals surface area (Å²) < 4.78 is 10.2. The number of nitrogens with zero attached hydrogens (tertiary/aromatic N) is 2. The van der Waals surface area contributed by atoms with Crippen LogP contribution in [0.2, 0.25) is 0 Å². The van der Waals surface area contributed by atoms with Crippen molar-refractivity contribution in [3.8, 4) is 11.4 Å². The molecule has 0 saturated heterocycles. The predicted octanol–water partition coefficient (Wildman–Crippen LogP) is 1.80. The Balaban J connectivity index is 2.32. The van der Waals surface area contributed by atoms with Gasteiger partial charge in [0, 0.05) is 35.4 Å². The van der Waals surface area contributed by atoms with E-state index in [1.54, 1.807) is 13.8 Å². The summed E-state index contributed by atoms with van der Waals surface area (Å²) >= 11 is 8.02. The average molecular weight is 777 g/mol. The zero-order valence-electron chi connectivity index (χ0n) is 25.9. The molecule has 0 saturated carbocycles. The molecule has 20 heteroatoms. The Labute approximate surface area is 304 Å². The van der Waals surface area contributed by atoms with Crippen molar-refractivity contribution in [2.75, 3.05) is 36.2 Å². The maximum Gasteiger partial charge on any atom is 0.329 e. The highest BCUT2D eigenvalue weighted by Gasteiger charge is 2.29. The first kappa shape index (κ1) is 41.7. The molecular weight excluding hydrogens is 741 g/mol. The third-order valence-electron chi connectivity index (χ3n) is 5.83. The SMILES string of the molecule is CCOC(=O)C(CSSC(=O)[C@@H](N)CS)NC(=O)c1cccnc1-c1ncccc1C(=O)NC(CSSC(=O)[C@@H](N)CS)C(=O)OCC. The summed E-state index contributed by atoms with van der Waals surface area (Å²) in [5.41, 5.74) is 11.4. The molecule has 0 aliphatic rings. The van der Waals surface area contributed by atoms with Crippen LogP contribution in [0.15, 0.2) is 36.7 Å². The molecule has 0 fully saturated rings. The number of hydrogen-bond donors (Lipinski definition) is 6. The van der Waals surface area contributed by atoms with Gasteiger partial charge in [-0.3, -0.25) is 29.1 Å². The molecule has 14 nitrogen and oxygen atoms in total. The predicted molar refractivity (Wildman–Crippen MR) is 197 cm³/mol. The summed E-state index contributed by atoms with van der Waals surface area (Å²) in [5.74, 6) is -2.63. The molecule has 0 bridgehead atoms. The number of pyridine rings is 2. The summed E-state index contributed by atoms with van der Waals surface area (Å²) in [6.07, 6.45) is 2.80. The Morgan fingerprint density at radius 3 is 1.44 bits per heavy atom. The molecule has 2 amide bonds. The number of amides is 2. The molecule has 4 atom stereocenters. The van der Waals surface area contributed by atoms with Crippen LogP contribution in [0.3, 0.4) is 0 Å². The van der Waals surface area contributed by atoms with Gasteiger partial charge in [-0.1, -0.05) is 21.6 Å². The number of nitrogens with one attached hydrogen (secondary N) is 2. The van der Waals surface area contributed by atoms with Crippen LogP contribution in [0, 0.1) is 0 Å². The van der Waals surface area contributed by atoms with Gasteiger partial charge in [-0.15, -0.1) is 0 Å². The number of nitrogens with two attached hydrogens (primary N) is 2. The standard InChI is InChI=1S/C28H36N6O8S6/c1-3-41-25(37)19(13-45-47-27(39)17(29)11-43)33-23(35)15-7-5-9-31-21(15)22-16(8-6-10-32-22)24(36)34-20(26(38)42-4-2)14-46-48-28(40)18(30)12-44/h5-10,17-20,43-44H,3-4,11-14,29-30H2,1-2H3,(H,33,35)(H,34,36)/t17-,18-,19?,20?/m0/s1. The average Bonchev–Trinajstić information content (AvgIpc) is 3.09. The highest BCUT2D eigenvalue weighted by Crippen LogP contribution is 2.27. The van der Waals surface area contributed by atoms with E-state index >= 15 is 0 Å². The number of carbonyl (C=O) groups excluding carboxylic acids is 6. The smallest absolute Gasteiger partial charge is 0.329 e. The molecule has 2 rings (SSSR count). The maximum absolute atomic E-state index is 13.6. The molecular formula is C28H36N6O8S6. The van der Waals surface area contributed by atoms with Crippen LogP contribution in [0.4, 0.5) is 0 Å². The second-order valence-corrected chi connectivity index (χ2v) is 14.7. The minimum absolute atomic E-state index is 0.0155. The van der Waals surface area contributed by atoms with Gasteiger partial charge in [-0.05, 0) is 59.7 Å². The monoisotopic (exact) mass is 776 g/mol. The lowest BCUT2D eigenvalue weighted by Crippen LogP contribution is -2.44. The van der Waals surface area contributed by atoms with Crippen LogP contribution >= 0.6 is 68.4 Å². The molecule has 2 aromatic heterocycles. The fourth-order valence-electron chi connectivity index (χ4n) is 3.44. The highest BCUT2D eigenvalue weighted by atomic mass is 33.1. The highest BCUT2D eigenvalue weighted by molar-refractivity contribution is 8.82. The number of esters is 2. The van der Waals surface area contributed by atoms with Gasteiger partial charge in [-0.25, -0.2) is 9.59 Å². The summed E-state index contributed by atoms with van der Waals surface area (Å²) in [4.78, 5) is 85.4. The van der Waals surface area contributed by atoms with Gasteiger partial charge in [0.15, 0.2) is 0 Å². The van der Waals surface area contributed by atoms with E-state index in [9.17, 15) is 28.8 Å². The zero-order chi connectivity index (χ0) is 35.6. The van der Waals surface area contributed by atoms with E-state index in [0.29, 0.717) is 0 Å². The topological polar surface area (TPSA) is 223 Å². The van der Waals surface area contributed by atoms with Crippen molar-refractivity contribution in [2.45, 2.75) is 38.0 Å². The van der Waals surface area contributed by atoms with E-state index in [4.69, 9.17) is 20.9 Å². The van der Waals surface area contributed by atoms with Crippen LogP contribution in [0.1, 0.15) is 34.6 Å². The molecule has 0 aliphatic carbocycles. The van der Waals surface area contributed by atoms with Gasteiger partial charge in [0.25, 0.3) is 11.8 Å². The van der Waals surface area contributed by atoms with Gasteiger partial charge in [0.05, 0.1) is 36.4 Å². The quantitative estimate of drug-likeness (QED) is 0.0680. The number of thiol groups is 2. The fourth-order valence-corrected chi connectivity index (χ4v) is 8.18. The van der Waals surface area contributed by atoms with Crippen molar-refractivity contribution in [3.63, 3.8) is 0 Å². The molecule has 2 unspecified atom stereocenters. The lowest BCUT2D eigenvalue weighted by molar-refractivity contribution is -0.145. The summed E-state index contributed by atoms with van der Waals surface area (Å²) in [6.45, 7) is 3.34. The first-order chi connectivity index (χ1) is 23.0. The minimum Gasteiger partial charge on any atom is -0.464 e. The van der Waals surface area contributed by atoms with Crippen LogP contribution in [-0.4, -0.2) is 104 Å². The molecule has 262 valence electrons. The summed E-state index contributed by atoms with van der Waals surface area (Å²) in [7, 11) is 3.71. The Morgan fingerprint density at radius 2 is 1.10 bits per heavy atom. The van der Waals surface area contributed by atoms with Crippen molar-refractivity contribution in [1.29, 1.82) is 0 Å². The largest absolute Gasteiger partial charge is 0.464 e. The molecule has 2 aromatic rings. The molecule has 2 heterocycles. The molecule has 0 aliphatic heterocycles. The van der Waals surface area contributed by atoms with Crippen molar-refractivity contribution >= 4 is 102 Å². The number of carbonyl (C=O) groups is 6. The molecule has 0 radical (unpaired) electrons. The van der Waals surface area contributed by atoms with Crippen LogP contribution < -0.4 is 22.1 Å². The fraction of sp³-hybridized carbons (Fsp3) is 0.429. The maximum atomic E-state index is 13.6. The van der Waals surface area contributed by atoms with E-state index in [-0.39, 0.29) is 69.0 Å². The number of hydrogen-bond acceptors (Lipinski definition) is 18. The van der Waals surface area contributed by atoms with Crippen molar-refractivity contribution in [3.05, 3.63) is 47.8 Å². The van der Waals surface area contributed by atoms with E-state index < -0.39 is 47.9 Å². The van der Waals surface area contributed by atoms with Crippen molar-refractivity contribution in [1.82, 2.24) is 20.6 Å². The van der Waals surface area contributed by atoms with Gasteiger partial charge >= 0.3 is 11.9 Å². The number of rotatable bonds is 19. The van der Waals surface area contributed by atoms with Crippen molar-refractivity contribution < 1.29 is 38.2 Å². The first-order valence-corrected chi connectivity index (χ1v) is 20.1. The molecule has 0 aromatic carbocycles. The molecule has 48 heavy (non-hydrogen) atoms. The van der Waals surface area contributed by atoms with Crippen LogP contribution in [0.25, 0.3) is 11.4 Å². The van der Waals surface area contributed by atoms with Gasteiger partial charge < -0.3 is 31.6 Å². The lowest BCUT2D eigenvalue weighted by atomic mass is 10.0. The van der Waals surface area contributed by atoms with E-state index in [0.717, 1.165) is 43.2 Å².